The molecule has 5 saturated carbocycles. The number of aliphatic carboxylic acids is 1. The van der Waals surface area contributed by atoms with E-state index in [4.69, 9.17) is 28.9 Å². The second kappa shape index (κ2) is 29.4. The smallest absolute Gasteiger partial charge is 0.310 e. The highest BCUT2D eigenvalue weighted by Gasteiger charge is 2.63. The van der Waals surface area contributed by atoms with E-state index in [1.54, 1.807) is 60.3 Å². The van der Waals surface area contributed by atoms with Crippen molar-refractivity contribution in [3.05, 3.63) is 106 Å². The number of allylic oxidation sites excluding steroid dienone is 2. The van der Waals surface area contributed by atoms with Crippen LogP contribution in [-0.2, 0) is 38.8 Å². The van der Waals surface area contributed by atoms with Gasteiger partial charge in [-0.2, -0.15) is 0 Å². The van der Waals surface area contributed by atoms with Crippen molar-refractivity contribution in [3.63, 3.8) is 0 Å². The highest BCUT2D eigenvalue weighted by Crippen LogP contribution is 2.59. The van der Waals surface area contributed by atoms with Crippen LogP contribution in [0, 0.1) is 58.0 Å². The molecule has 530 valence electrons. The molecule has 0 radical (unpaired) electrons. The number of ketones is 2. The van der Waals surface area contributed by atoms with Crippen LogP contribution in [0.4, 0.5) is 8.78 Å². The number of methoxy groups -OCH3 is 2. The number of halogens is 2. The predicted molar refractivity (Wildman–Crippen MR) is 374 cm³/mol. The Morgan fingerprint density at radius 1 is 0.630 bits per heavy atom. The molecule has 2 aromatic carbocycles. The minimum atomic E-state index is -3.84. The number of aromatic nitrogens is 4. The van der Waals surface area contributed by atoms with Gasteiger partial charge in [-0.3, -0.25) is 33.5 Å². The van der Waals surface area contributed by atoms with Crippen LogP contribution in [0.1, 0.15) is 154 Å². The number of carbonyl (C=O) groups is 6. The van der Waals surface area contributed by atoms with Gasteiger partial charge < -0.3 is 33.9 Å². The molecule has 4 aromatic heterocycles. The summed E-state index contributed by atoms with van der Waals surface area (Å²) in [7, 11) is 2.42. The maximum atomic E-state index is 15.8. The molecule has 0 bridgehead atoms. The fraction of sp³-hybridized carbons (Fsp3) is 0.520. The van der Waals surface area contributed by atoms with Gasteiger partial charge in [0.1, 0.15) is 67.7 Å². The van der Waals surface area contributed by atoms with Crippen molar-refractivity contribution in [1.29, 1.82) is 0 Å². The average molecular weight is 1430 g/mol. The largest absolute Gasteiger partial charge is 0.494 e. The Kier molecular flexibility index (Phi) is 21.1. The van der Waals surface area contributed by atoms with Crippen LogP contribution >= 0.6 is 22.7 Å². The first kappa shape index (κ1) is 71.6. The number of thiazole rings is 2. The summed E-state index contributed by atoms with van der Waals surface area (Å²) in [5, 5.41) is 15.5. The third-order valence-corrected chi connectivity index (χ3v) is 24.6. The van der Waals surface area contributed by atoms with E-state index >= 15 is 8.78 Å². The number of nitrogens with zero attached hydrogens (tertiary/aromatic N) is 6. The number of amides is 3. The number of pyridine rings is 2. The zero-order valence-corrected chi connectivity index (χ0v) is 60.0. The second-order valence-corrected chi connectivity index (χ2v) is 32.2. The van der Waals surface area contributed by atoms with Gasteiger partial charge in [0.15, 0.2) is 23.1 Å². The summed E-state index contributed by atoms with van der Waals surface area (Å²) in [5.74, 6) is -6.09. The van der Waals surface area contributed by atoms with E-state index in [2.05, 4.69) is 26.2 Å². The van der Waals surface area contributed by atoms with E-state index in [0.29, 0.717) is 82.4 Å². The lowest BCUT2D eigenvalue weighted by Crippen LogP contribution is -2.42. The van der Waals surface area contributed by atoms with Crippen LogP contribution < -0.4 is 23.7 Å². The summed E-state index contributed by atoms with van der Waals surface area (Å²) < 4.78 is 83.0. The van der Waals surface area contributed by atoms with Gasteiger partial charge in [0.25, 0.3) is 0 Å². The Balaban J connectivity index is 0.000000191. The first-order valence-corrected chi connectivity index (χ1v) is 37.9. The van der Waals surface area contributed by atoms with Gasteiger partial charge >= 0.3 is 5.97 Å². The molecule has 2 N–H and O–H groups in total. The molecule has 0 spiro atoms. The van der Waals surface area contributed by atoms with Gasteiger partial charge in [0, 0.05) is 97.4 Å². The number of sulfonamides is 1. The normalized spacial score (nSPS) is 26.6. The second-order valence-electron chi connectivity index (χ2n) is 28.6. The number of rotatable bonds is 14. The minimum absolute atomic E-state index is 0.0293. The monoisotopic (exact) mass is 1430 g/mol. The Morgan fingerprint density at radius 3 is 1.48 bits per heavy atom. The zero-order chi connectivity index (χ0) is 71.1. The lowest BCUT2D eigenvalue weighted by molar-refractivity contribution is -0.147. The summed E-state index contributed by atoms with van der Waals surface area (Å²) >= 11 is 2.81. The SMILES string of the molecule is COc1ccc2c(O[C@@H]3C[C@H]4C(=O)C[C@]5(C(=O)NS(=O)(=O)C6CC6)C[C@H]5C=C=CCCCCN(C)C(=O)[C@@H]4C3)cc(-c3nc(C(C)C)cs3)nc2c1F.COc1ccc2c(O[C@@H]3C[C@H]4C(=O)C[C@]5(C(=O)O)C[C@H]5C=C=CCCCCN(C)C(=O)[C@@H]4C3)cc(-c3nc(C(C)C)cs3)nc2c1F. The fourth-order valence-corrected chi connectivity index (χ4v) is 17.8. The summed E-state index contributed by atoms with van der Waals surface area (Å²) in [4.78, 5) is 104. The van der Waals surface area contributed by atoms with Crippen LogP contribution in [0.3, 0.4) is 0 Å². The van der Waals surface area contributed by atoms with Crippen molar-refractivity contribution < 1.29 is 70.0 Å². The Labute approximate surface area is 588 Å². The summed E-state index contributed by atoms with van der Waals surface area (Å²) in [6, 6.07) is 9.85. The van der Waals surface area contributed by atoms with Crippen LogP contribution in [0.25, 0.3) is 43.2 Å². The molecule has 25 heteroatoms. The number of carbonyl (C=O) groups excluding carboxylic acids is 5. The Hall–Kier alpha value is -8.21. The van der Waals surface area contributed by atoms with E-state index in [9.17, 15) is 42.3 Å². The molecule has 5 fully saturated rings. The molecule has 3 amide bonds. The highest BCUT2D eigenvalue weighted by molar-refractivity contribution is 7.91. The third kappa shape index (κ3) is 14.9. The quantitative estimate of drug-likeness (QED) is 0.0960. The molecule has 6 heterocycles. The molecule has 100 heavy (non-hydrogen) atoms. The van der Waals surface area contributed by atoms with Crippen LogP contribution in [-0.4, -0.2) is 137 Å². The summed E-state index contributed by atoms with van der Waals surface area (Å²) in [6.45, 7) is 9.22. The van der Waals surface area contributed by atoms with E-state index in [0.717, 1.165) is 49.9 Å². The van der Waals surface area contributed by atoms with Crippen molar-refractivity contribution >= 4 is 89.8 Å². The van der Waals surface area contributed by atoms with Gasteiger partial charge in [-0.05, 0) is 150 Å². The number of benzene rings is 2. The van der Waals surface area contributed by atoms with E-state index in [1.165, 1.54) is 49.0 Å². The van der Waals surface area contributed by atoms with Gasteiger partial charge in [-0.1, -0.05) is 27.7 Å². The topological polar surface area (TPSA) is 264 Å². The number of carboxylic acid groups (broad SMARTS) is 1. The number of fused-ring (bicyclic) bond motifs is 6. The number of hydrogen-bond donors (Lipinski definition) is 2. The number of ether oxygens (including phenoxy) is 4. The zero-order valence-electron chi connectivity index (χ0n) is 57.5. The molecule has 5 aliphatic carbocycles. The number of hydrogen-bond acceptors (Lipinski definition) is 18. The van der Waals surface area contributed by atoms with Crippen LogP contribution in [0.5, 0.6) is 23.0 Å². The molecule has 7 aliphatic rings. The molecule has 0 unspecified atom stereocenters. The van der Waals surface area contributed by atoms with E-state index in [1.807, 2.05) is 50.6 Å². The molecule has 0 saturated heterocycles. The van der Waals surface area contributed by atoms with E-state index in [-0.39, 0.29) is 108 Å². The van der Waals surface area contributed by atoms with Crippen LogP contribution in [0.2, 0.25) is 0 Å². The summed E-state index contributed by atoms with van der Waals surface area (Å²) in [5.41, 5.74) is 6.63. The van der Waals surface area contributed by atoms with Gasteiger partial charge in [0.05, 0.1) is 53.5 Å². The lowest BCUT2D eigenvalue weighted by atomic mass is 9.84. The van der Waals surface area contributed by atoms with Gasteiger partial charge in [-0.25, -0.2) is 37.1 Å². The predicted octanol–water partition coefficient (Wildman–Crippen LogP) is 13.1. The Morgan fingerprint density at radius 2 is 1.06 bits per heavy atom. The van der Waals surface area contributed by atoms with E-state index < -0.39 is 85.5 Å². The third-order valence-electron chi connectivity index (χ3n) is 21.0. The van der Waals surface area contributed by atoms with Crippen molar-refractivity contribution in [2.75, 3.05) is 41.4 Å². The van der Waals surface area contributed by atoms with Crippen molar-refractivity contribution in [2.45, 2.75) is 160 Å². The van der Waals surface area contributed by atoms with Crippen molar-refractivity contribution in [3.8, 4) is 44.4 Å². The van der Waals surface area contributed by atoms with Gasteiger partial charge in [-0.15, -0.1) is 34.1 Å². The molecule has 2 aliphatic heterocycles. The molecule has 10 atom stereocenters. The molecule has 13 rings (SSSR count). The number of nitrogens with one attached hydrogen (secondary N) is 1. The van der Waals surface area contributed by atoms with Crippen LogP contribution in [0.15, 0.2) is 82.9 Å². The fourth-order valence-electron chi connectivity index (χ4n) is 14.5. The molecule has 20 nitrogen and oxygen atoms in total. The van der Waals surface area contributed by atoms with Gasteiger partial charge in [0.2, 0.25) is 27.7 Å². The highest BCUT2D eigenvalue weighted by atomic mass is 32.2. The minimum Gasteiger partial charge on any atom is -0.494 e. The molecule has 6 aromatic rings. The Bertz CT molecular complexity index is 4460. The van der Waals surface area contributed by atoms with Crippen molar-refractivity contribution in [2.24, 2.45) is 46.3 Å². The maximum Gasteiger partial charge on any atom is 0.310 e. The number of Topliss-reactive ketones (excluding diaryl/α,β-unsaturated/α-hetero) is 2. The first-order chi connectivity index (χ1) is 47.8. The summed E-state index contributed by atoms with van der Waals surface area (Å²) in [6.07, 6.45) is 13.2. The molecular formula is C75H85F2N7O13S3. The number of carboxylic acids is 1. The maximum absolute atomic E-state index is 15.8. The lowest BCUT2D eigenvalue weighted by Gasteiger charge is -2.25. The molecular weight excluding hydrogens is 1340 g/mol. The first-order valence-electron chi connectivity index (χ1n) is 34.6. The average Bonchev–Trinajstić information content (AvgIpc) is 1.57. The standard InChI is InChI=1S/C39H45FN4O7S2.C36H40FN3O6S/c1-22(2)30-21-52-36(42-30)29-18-33(26-13-14-32(50-4)34(40)35(26)41-29)51-24-16-27-28(17-24)37(46)44(3)15-9-7-5-6-8-10-23-19-39(23,20-31(27)45)38(47)43-53(48,49)25-11-12-25;1-20(2)27-19-47-33(39-27)26-16-30(23-11-12-29(45-4)31(37)32(23)38-26)46-22-14-24-25(15-22)34(42)40(3)13-9-7-5-6-8-10-21-17-36(21,35(43)44)18-28(24)41/h6,10,13-14,18,21-25,27-28H,5,7,9,11-12,15-17,19-20H2,1-4H3,(H,43,47);6,10-12,16,19-22,24-25H,5,7,9,13-15,17-18H2,1-4H3,(H,43,44)/t8?,23-,24-,27-,28-,39-;8?,21-,22-,24-,25-,36-/m11/s1. The van der Waals surface area contributed by atoms with Crippen molar-refractivity contribution in [1.82, 2.24) is 34.5 Å².